The van der Waals surface area contributed by atoms with Gasteiger partial charge in [-0.25, -0.2) is 14.0 Å². The zero-order valence-corrected chi connectivity index (χ0v) is 14.7. The van der Waals surface area contributed by atoms with Crippen LogP contribution in [0.25, 0.3) is 0 Å². The summed E-state index contributed by atoms with van der Waals surface area (Å²) in [5.74, 6) is -0.697. The Morgan fingerprint density at radius 1 is 1.04 bits per heavy atom. The second kappa shape index (κ2) is 8.53. The number of aromatic carboxylic acids is 1. The number of hydrogen-bond acceptors (Lipinski definition) is 3. The molecule has 3 N–H and O–H groups in total. The van der Waals surface area contributed by atoms with E-state index in [1.807, 2.05) is 0 Å². The molecule has 0 atom stereocenters. The molecule has 27 heavy (non-hydrogen) atoms. The summed E-state index contributed by atoms with van der Waals surface area (Å²) in [5.41, 5.74) is 0.548. The molecule has 2 amide bonds. The molecular formula is C20H21FN2O4. The molecule has 0 aromatic heterocycles. The number of hydrogen-bond donors (Lipinski definition) is 3. The van der Waals surface area contributed by atoms with Crippen molar-refractivity contribution in [1.82, 2.24) is 5.32 Å². The van der Waals surface area contributed by atoms with E-state index in [-0.39, 0.29) is 29.6 Å². The highest BCUT2D eigenvalue weighted by atomic mass is 19.1. The maximum Gasteiger partial charge on any atom is 0.335 e. The van der Waals surface area contributed by atoms with Gasteiger partial charge in [-0.2, -0.15) is 0 Å². The highest BCUT2D eigenvalue weighted by molar-refractivity contribution is 5.93. The average molecular weight is 372 g/mol. The van der Waals surface area contributed by atoms with Crippen LogP contribution in [0, 0.1) is 5.82 Å². The zero-order chi connectivity index (χ0) is 19.2. The van der Waals surface area contributed by atoms with Crippen LogP contribution >= 0.6 is 0 Å². The summed E-state index contributed by atoms with van der Waals surface area (Å²) in [6.07, 6.45) is 3.17. The van der Waals surface area contributed by atoms with Gasteiger partial charge in [-0.3, -0.25) is 0 Å². The van der Waals surface area contributed by atoms with Crippen LogP contribution in [-0.4, -0.2) is 29.3 Å². The number of carbonyl (C=O) groups is 2. The molecule has 0 saturated heterocycles. The van der Waals surface area contributed by atoms with Crippen molar-refractivity contribution in [3.8, 4) is 5.75 Å². The lowest BCUT2D eigenvalue weighted by molar-refractivity contribution is 0.0697. The van der Waals surface area contributed by atoms with Crippen LogP contribution in [-0.2, 0) is 0 Å². The lowest BCUT2D eigenvalue weighted by Gasteiger charge is -2.29. The Morgan fingerprint density at radius 2 is 1.74 bits per heavy atom. The second-order valence-electron chi connectivity index (χ2n) is 6.53. The van der Waals surface area contributed by atoms with Crippen molar-refractivity contribution in [2.24, 2.45) is 0 Å². The molecular weight excluding hydrogens is 351 g/mol. The highest BCUT2D eigenvalue weighted by Crippen LogP contribution is 2.24. The first-order valence-electron chi connectivity index (χ1n) is 8.83. The van der Waals surface area contributed by atoms with Gasteiger partial charge in [0.25, 0.3) is 0 Å². The Morgan fingerprint density at radius 3 is 2.41 bits per heavy atom. The number of nitrogens with one attached hydrogen (secondary N) is 2. The maximum absolute atomic E-state index is 12.9. The minimum Gasteiger partial charge on any atom is -0.490 e. The van der Waals surface area contributed by atoms with Crippen molar-refractivity contribution in [1.29, 1.82) is 0 Å². The van der Waals surface area contributed by atoms with Gasteiger partial charge in [0.15, 0.2) is 0 Å². The number of carbonyl (C=O) groups excluding carboxylic acids is 1. The van der Waals surface area contributed by atoms with E-state index in [2.05, 4.69) is 10.6 Å². The van der Waals surface area contributed by atoms with E-state index < -0.39 is 5.97 Å². The predicted octanol–water partition coefficient (Wildman–Crippen LogP) is 4.04. The van der Waals surface area contributed by atoms with Gasteiger partial charge < -0.3 is 20.5 Å². The van der Waals surface area contributed by atoms with Crippen LogP contribution < -0.4 is 15.4 Å². The fraction of sp³-hybridized carbons (Fsp3) is 0.300. The first-order chi connectivity index (χ1) is 13.0. The molecule has 7 heteroatoms. The van der Waals surface area contributed by atoms with Gasteiger partial charge in [-0.05, 0) is 68.1 Å². The molecule has 0 heterocycles. The van der Waals surface area contributed by atoms with Gasteiger partial charge in [0.05, 0.1) is 11.7 Å². The number of amides is 2. The minimum atomic E-state index is -1.04. The fourth-order valence-corrected chi connectivity index (χ4v) is 3.11. The van der Waals surface area contributed by atoms with E-state index in [1.54, 1.807) is 24.3 Å². The summed E-state index contributed by atoms with van der Waals surface area (Å²) < 4.78 is 18.8. The van der Waals surface area contributed by atoms with Crippen LogP contribution in [0.4, 0.5) is 14.9 Å². The topological polar surface area (TPSA) is 87.7 Å². The summed E-state index contributed by atoms with van der Waals surface area (Å²) in [4.78, 5) is 23.1. The van der Waals surface area contributed by atoms with Crippen LogP contribution in [0.15, 0.2) is 48.5 Å². The lowest BCUT2D eigenvalue weighted by Crippen LogP contribution is -2.41. The summed E-state index contributed by atoms with van der Waals surface area (Å²) in [5, 5.41) is 14.6. The second-order valence-corrected chi connectivity index (χ2v) is 6.53. The van der Waals surface area contributed by atoms with E-state index in [4.69, 9.17) is 9.84 Å². The Labute approximate surface area is 156 Å². The molecule has 3 rings (SSSR count). The molecule has 1 aliphatic carbocycles. The normalized spacial score (nSPS) is 19.1. The first-order valence-corrected chi connectivity index (χ1v) is 8.83. The van der Waals surface area contributed by atoms with Crippen molar-refractivity contribution < 1.29 is 23.8 Å². The number of halogens is 1. The van der Waals surface area contributed by atoms with Gasteiger partial charge in [-0.1, -0.05) is 6.07 Å². The van der Waals surface area contributed by atoms with Gasteiger partial charge in [0.1, 0.15) is 11.6 Å². The van der Waals surface area contributed by atoms with E-state index in [0.717, 1.165) is 25.7 Å². The SMILES string of the molecule is O=C(Nc1cccc(C(=O)O)c1)NC1CCC(Oc2ccc(F)cc2)CC1. The smallest absolute Gasteiger partial charge is 0.335 e. The monoisotopic (exact) mass is 372 g/mol. The largest absolute Gasteiger partial charge is 0.490 e. The Hall–Kier alpha value is -3.09. The molecule has 0 spiro atoms. The maximum atomic E-state index is 12.9. The van der Waals surface area contributed by atoms with Crippen molar-refractivity contribution in [3.05, 3.63) is 59.9 Å². The third kappa shape index (κ3) is 5.44. The van der Waals surface area contributed by atoms with Crippen molar-refractivity contribution in [2.45, 2.75) is 37.8 Å². The molecule has 2 aromatic carbocycles. The number of anilines is 1. The van der Waals surface area contributed by atoms with E-state index in [0.29, 0.717) is 11.4 Å². The summed E-state index contributed by atoms with van der Waals surface area (Å²) >= 11 is 0. The number of rotatable bonds is 5. The quantitative estimate of drug-likeness (QED) is 0.739. The molecule has 0 unspecified atom stereocenters. The Kier molecular flexibility index (Phi) is 5.90. The van der Waals surface area contributed by atoms with E-state index >= 15 is 0 Å². The third-order valence-electron chi connectivity index (χ3n) is 4.49. The molecule has 2 aromatic rings. The molecule has 0 bridgehead atoms. The number of carboxylic acids is 1. The molecule has 6 nitrogen and oxygen atoms in total. The standard InChI is InChI=1S/C20H21FN2O4/c21-14-4-8-17(9-5-14)27-18-10-6-15(7-11-18)22-20(26)23-16-3-1-2-13(12-16)19(24)25/h1-5,8-9,12,15,18H,6-7,10-11H2,(H,24,25)(H2,22,23,26). The summed E-state index contributed by atoms with van der Waals surface area (Å²) in [7, 11) is 0. The van der Waals surface area contributed by atoms with E-state index in [1.165, 1.54) is 24.3 Å². The van der Waals surface area contributed by atoms with Gasteiger partial charge in [0, 0.05) is 11.7 Å². The zero-order valence-electron chi connectivity index (χ0n) is 14.7. The summed E-state index contributed by atoms with van der Waals surface area (Å²) in [6, 6.07) is 11.7. The van der Waals surface area contributed by atoms with Crippen molar-refractivity contribution in [3.63, 3.8) is 0 Å². The Balaban J connectivity index is 1.44. The summed E-state index contributed by atoms with van der Waals surface area (Å²) in [6.45, 7) is 0. The van der Waals surface area contributed by atoms with Gasteiger partial charge in [0.2, 0.25) is 0 Å². The number of urea groups is 1. The highest BCUT2D eigenvalue weighted by Gasteiger charge is 2.23. The van der Waals surface area contributed by atoms with Crippen LogP contribution in [0.1, 0.15) is 36.0 Å². The molecule has 1 saturated carbocycles. The van der Waals surface area contributed by atoms with Crippen LogP contribution in [0.5, 0.6) is 5.75 Å². The van der Waals surface area contributed by atoms with Crippen molar-refractivity contribution >= 4 is 17.7 Å². The number of ether oxygens (including phenoxy) is 1. The third-order valence-corrected chi connectivity index (χ3v) is 4.49. The predicted molar refractivity (Wildman–Crippen MR) is 98.6 cm³/mol. The molecule has 142 valence electrons. The minimum absolute atomic E-state index is 0.0284. The average Bonchev–Trinajstić information content (AvgIpc) is 2.65. The number of carboxylic acid groups (broad SMARTS) is 1. The molecule has 1 fully saturated rings. The van der Waals surface area contributed by atoms with Gasteiger partial charge >= 0.3 is 12.0 Å². The Bertz CT molecular complexity index is 802. The molecule has 0 radical (unpaired) electrons. The van der Waals surface area contributed by atoms with Crippen LogP contribution in [0.2, 0.25) is 0 Å². The molecule has 1 aliphatic rings. The van der Waals surface area contributed by atoms with Crippen LogP contribution in [0.3, 0.4) is 0 Å². The first kappa shape index (κ1) is 18.7. The van der Waals surface area contributed by atoms with Gasteiger partial charge in [-0.15, -0.1) is 0 Å². The fourth-order valence-electron chi connectivity index (χ4n) is 3.11. The lowest BCUT2D eigenvalue weighted by atomic mass is 9.93. The van der Waals surface area contributed by atoms with E-state index in [9.17, 15) is 14.0 Å². The molecule has 0 aliphatic heterocycles. The number of benzene rings is 2. The van der Waals surface area contributed by atoms with Crippen molar-refractivity contribution in [2.75, 3.05) is 5.32 Å².